The normalized spacial score (nSPS) is 11.4. The Hall–Kier alpha value is -1.01. The number of nitrogens with zero attached hydrogens (tertiary/aromatic N) is 1. The van der Waals surface area contributed by atoms with Gasteiger partial charge in [-0.3, -0.25) is 10.1 Å². The number of nitro groups is 1. The highest BCUT2D eigenvalue weighted by Gasteiger charge is 2.22. The topological polar surface area (TPSA) is 92.8 Å². The van der Waals surface area contributed by atoms with Crippen LogP contribution in [0.2, 0.25) is 0 Å². The summed E-state index contributed by atoms with van der Waals surface area (Å²) in [7, 11) is 0. The first-order valence-electron chi connectivity index (χ1n) is 6.34. The molecule has 1 aromatic rings. The van der Waals surface area contributed by atoms with Crippen LogP contribution in [0.4, 0.5) is 5.69 Å². The zero-order chi connectivity index (χ0) is 15.3. The van der Waals surface area contributed by atoms with Crippen LogP contribution in [0.1, 0.15) is 37.8 Å². The summed E-state index contributed by atoms with van der Waals surface area (Å²) >= 11 is 4.47. The monoisotopic (exact) mass is 319 g/mol. The van der Waals surface area contributed by atoms with E-state index in [1.807, 2.05) is 13.8 Å². The largest absolute Gasteiger partial charge is 0.424 e. The van der Waals surface area contributed by atoms with Gasteiger partial charge in [-0.15, -0.1) is 0 Å². The van der Waals surface area contributed by atoms with Gasteiger partial charge in [0.1, 0.15) is 5.75 Å². The van der Waals surface area contributed by atoms with E-state index in [0.717, 1.165) is 12.8 Å². The Morgan fingerprint density at radius 3 is 2.25 bits per heavy atom. The molecule has 0 amide bonds. The van der Waals surface area contributed by atoms with Crippen molar-refractivity contribution in [2.75, 3.05) is 0 Å². The highest BCUT2D eigenvalue weighted by Crippen LogP contribution is 2.42. The predicted octanol–water partition coefficient (Wildman–Crippen LogP) is 3.09. The Morgan fingerprint density at radius 1 is 1.25 bits per heavy atom. The zero-order valence-corrected chi connectivity index (χ0v) is 13.1. The van der Waals surface area contributed by atoms with Crippen LogP contribution in [0.5, 0.6) is 5.75 Å². The van der Waals surface area contributed by atoms with Gasteiger partial charge in [0, 0.05) is 29.0 Å². The van der Waals surface area contributed by atoms with Crippen molar-refractivity contribution < 1.29 is 19.2 Å². The van der Waals surface area contributed by atoms with Crippen molar-refractivity contribution in [2.24, 2.45) is 0 Å². The Balaban J connectivity index is 3.42. The average molecular weight is 319 g/mol. The molecule has 0 spiro atoms. The molecule has 0 atom stereocenters. The van der Waals surface area contributed by atoms with Gasteiger partial charge < -0.3 is 14.3 Å². The number of nitro benzene ring substituents is 1. The van der Waals surface area contributed by atoms with Gasteiger partial charge in [0.2, 0.25) is 0 Å². The van der Waals surface area contributed by atoms with Crippen molar-refractivity contribution in [1.82, 2.24) is 0 Å². The summed E-state index contributed by atoms with van der Waals surface area (Å²) in [6.07, 6.45) is 2.59. The van der Waals surface area contributed by atoms with E-state index in [1.165, 1.54) is 12.1 Å². The van der Waals surface area contributed by atoms with Crippen molar-refractivity contribution in [1.29, 1.82) is 0 Å². The third kappa shape index (κ3) is 4.52. The molecule has 0 unspecified atom stereocenters. The van der Waals surface area contributed by atoms with Gasteiger partial charge in [-0.2, -0.15) is 0 Å². The Bertz CT molecular complexity index is 543. The molecule has 0 aromatic heterocycles. The minimum absolute atomic E-state index is 0.0341. The predicted molar refractivity (Wildman–Crippen MR) is 80.4 cm³/mol. The zero-order valence-electron chi connectivity index (χ0n) is 11.4. The lowest BCUT2D eigenvalue weighted by atomic mass is 9.97. The summed E-state index contributed by atoms with van der Waals surface area (Å²) < 4.78 is 5.02. The van der Waals surface area contributed by atoms with Crippen LogP contribution in [-0.4, -0.2) is 14.7 Å². The lowest BCUT2D eigenvalue weighted by Gasteiger charge is -2.17. The highest BCUT2D eigenvalue weighted by atomic mass is 32.5. The van der Waals surface area contributed by atoms with E-state index in [9.17, 15) is 19.9 Å². The summed E-state index contributed by atoms with van der Waals surface area (Å²) in [5, 5.41) is 11.1. The maximum atomic E-state index is 11.1. The van der Waals surface area contributed by atoms with Crippen molar-refractivity contribution >= 4 is 24.2 Å². The summed E-state index contributed by atoms with van der Waals surface area (Å²) in [4.78, 5) is 29.3. The molecular weight excluding hydrogens is 301 g/mol. The number of hydrogen-bond acceptors (Lipinski definition) is 4. The van der Waals surface area contributed by atoms with Crippen LogP contribution >= 0.6 is 6.72 Å². The second-order valence-corrected chi connectivity index (χ2v) is 6.97. The van der Waals surface area contributed by atoms with E-state index in [-0.39, 0.29) is 11.4 Å². The Kier molecular flexibility index (Phi) is 6.07. The average Bonchev–Trinajstić information content (AvgIpc) is 2.31. The standard InChI is InChI=1S/C12H18NO5PS/c1-3-5-9-10(6-4-2)12(18-19(16,17)20)8-7-11(9)13(14)15/h7-8H,3-6H2,1-2H3,(H2,16,17,20). The molecule has 8 heteroatoms. The molecule has 0 saturated heterocycles. The van der Waals surface area contributed by atoms with E-state index < -0.39 is 11.6 Å². The maximum absolute atomic E-state index is 11.1. The van der Waals surface area contributed by atoms with Gasteiger partial charge in [0.25, 0.3) is 5.69 Å². The molecule has 2 N–H and O–H groups in total. The second kappa shape index (κ2) is 7.13. The van der Waals surface area contributed by atoms with Crippen LogP contribution in [0.3, 0.4) is 0 Å². The van der Waals surface area contributed by atoms with Crippen molar-refractivity contribution in [2.45, 2.75) is 39.5 Å². The van der Waals surface area contributed by atoms with Crippen molar-refractivity contribution in [3.8, 4) is 5.75 Å². The molecule has 0 aliphatic rings. The first kappa shape index (κ1) is 17.0. The van der Waals surface area contributed by atoms with Crippen LogP contribution < -0.4 is 4.52 Å². The molecule has 0 fully saturated rings. The van der Waals surface area contributed by atoms with Crippen LogP contribution in [0.25, 0.3) is 0 Å². The van der Waals surface area contributed by atoms with E-state index in [4.69, 9.17) is 4.52 Å². The van der Waals surface area contributed by atoms with E-state index in [1.54, 1.807) is 0 Å². The molecule has 0 radical (unpaired) electrons. The third-order valence-corrected chi connectivity index (χ3v) is 3.44. The fraction of sp³-hybridized carbons (Fsp3) is 0.500. The highest BCUT2D eigenvalue weighted by molar-refractivity contribution is 8.06. The number of hydrogen-bond donors (Lipinski definition) is 2. The smallest absolute Gasteiger partial charge is 0.375 e. The SMILES string of the molecule is CCCc1c(OP(O)(O)=S)ccc([N+](=O)[O-])c1CCC. The molecule has 112 valence electrons. The first-order valence-corrected chi connectivity index (χ1v) is 8.97. The molecule has 0 saturated carbocycles. The first-order chi connectivity index (χ1) is 9.30. The molecule has 1 rings (SSSR count). The van der Waals surface area contributed by atoms with E-state index in [0.29, 0.717) is 24.0 Å². The number of rotatable bonds is 7. The van der Waals surface area contributed by atoms with E-state index in [2.05, 4.69) is 11.8 Å². The summed E-state index contributed by atoms with van der Waals surface area (Å²) in [6, 6.07) is 2.71. The minimum Gasteiger partial charge on any atom is -0.424 e. The fourth-order valence-corrected chi connectivity index (χ4v) is 2.77. The Labute approximate surface area is 122 Å². The molecule has 20 heavy (non-hydrogen) atoms. The van der Waals surface area contributed by atoms with Crippen molar-refractivity contribution in [3.63, 3.8) is 0 Å². The third-order valence-electron chi connectivity index (χ3n) is 2.78. The van der Waals surface area contributed by atoms with Gasteiger partial charge in [-0.05, 0) is 18.9 Å². The van der Waals surface area contributed by atoms with Crippen LogP contribution in [-0.2, 0) is 24.6 Å². The quantitative estimate of drug-likeness (QED) is 0.456. The van der Waals surface area contributed by atoms with Gasteiger partial charge >= 0.3 is 6.72 Å². The summed E-state index contributed by atoms with van der Waals surface area (Å²) in [6.45, 7) is 0.0105. The fourth-order valence-electron chi connectivity index (χ4n) is 2.10. The van der Waals surface area contributed by atoms with Gasteiger partial charge in [-0.25, -0.2) is 0 Å². The van der Waals surface area contributed by atoms with Gasteiger partial charge in [0.05, 0.1) is 4.92 Å². The molecule has 0 aliphatic heterocycles. The van der Waals surface area contributed by atoms with Crippen LogP contribution in [0, 0.1) is 10.1 Å². The van der Waals surface area contributed by atoms with Gasteiger partial charge in [0.15, 0.2) is 0 Å². The second-order valence-electron chi connectivity index (χ2n) is 4.38. The van der Waals surface area contributed by atoms with E-state index >= 15 is 0 Å². The number of benzene rings is 1. The minimum atomic E-state index is -3.85. The molecule has 6 nitrogen and oxygen atoms in total. The molecule has 1 aromatic carbocycles. The molecule has 0 bridgehead atoms. The summed E-state index contributed by atoms with van der Waals surface area (Å²) in [5.74, 6) is 0.231. The lowest BCUT2D eigenvalue weighted by Crippen LogP contribution is -2.04. The van der Waals surface area contributed by atoms with Gasteiger partial charge in [-0.1, -0.05) is 26.7 Å². The molecular formula is C12H18NO5PS. The summed E-state index contributed by atoms with van der Waals surface area (Å²) in [5.41, 5.74) is 1.26. The molecule has 0 aliphatic carbocycles. The lowest BCUT2D eigenvalue weighted by molar-refractivity contribution is -0.385. The maximum Gasteiger partial charge on any atom is 0.375 e. The Morgan fingerprint density at radius 2 is 1.80 bits per heavy atom. The van der Waals surface area contributed by atoms with Crippen molar-refractivity contribution in [3.05, 3.63) is 33.4 Å². The van der Waals surface area contributed by atoms with Crippen LogP contribution in [0.15, 0.2) is 12.1 Å². The molecule has 0 heterocycles.